The minimum absolute atomic E-state index is 0.146. The molecule has 0 aromatic heterocycles. The van der Waals surface area contributed by atoms with Gasteiger partial charge in [0.05, 0.1) is 12.2 Å². The van der Waals surface area contributed by atoms with E-state index in [-0.39, 0.29) is 34.4 Å². The van der Waals surface area contributed by atoms with Crippen LogP contribution in [0.15, 0.2) is 35.5 Å². The van der Waals surface area contributed by atoms with Crippen molar-refractivity contribution in [2.45, 2.75) is 106 Å². The van der Waals surface area contributed by atoms with E-state index in [4.69, 9.17) is 0 Å². The van der Waals surface area contributed by atoms with Crippen LogP contribution in [0.5, 0.6) is 0 Å². The van der Waals surface area contributed by atoms with Crippen molar-refractivity contribution < 1.29 is 10.2 Å². The largest absolute Gasteiger partial charge is 0.393 e. The zero-order valence-electron chi connectivity index (χ0n) is 21.7. The summed E-state index contributed by atoms with van der Waals surface area (Å²) in [5, 5.41) is 21.7. The van der Waals surface area contributed by atoms with E-state index in [1.54, 1.807) is 11.1 Å². The lowest BCUT2D eigenvalue weighted by atomic mass is 9.46. The second kappa shape index (κ2) is 8.12. The second-order valence-electron chi connectivity index (χ2n) is 13.0. The van der Waals surface area contributed by atoms with Gasteiger partial charge in [0.25, 0.3) is 0 Å². The third-order valence-electron chi connectivity index (χ3n) is 11.4. The minimum Gasteiger partial charge on any atom is -0.393 e. The maximum absolute atomic E-state index is 11.2. The number of aliphatic hydroxyl groups is 2. The Labute approximate surface area is 197 Å². The highest BCUT2D eigenvalue weighted by Gasteiger charge is 2.62. The molecule has 0 radical (unpaired) electrons. The van der Waals surface area contributed by atoms with Gasteiger partial charge in [0.1, 0.15) is 0 Å². The van der Waals surface area contributed by atoms with Gasteiger partial charge in [-0.2, -0.15) is 0 Å². The van der Waals surface area contributed by atoms with E-state index >= 15 is 0 Å². The van der Waals surface area contributed by atoms with Crippen LogP contribution in [0.4, 0.5) is 0 Å². The highest BCUT2D eigenvalue weighted by Crippen LogP contribution is 2.70. The van der Waals surface area contributed by atoms with E-state index in [9.17, 15) is 10.2 Å². The fourth-order valence-corrected chi connectivity index (χ4v) is 8.47. The molecular weight excluding hydrogens is 392 g/mol. The Balaban J connectivity index is 1.64. The molecule has 0 spiro atoms. The average molecular weight is 441 g/mol. The summed E-state index contributed by atoms with van der Waals surface area (Å²) in [5.41, 5.74) is 4.95. The topological polar surface area (TPSA) is 40.5 Å². The molecule has 2 saturated carbocycles. The summed E-state index contributed by atoms with van der Waals surface area (Å²) in [6.07, 6.45) is 12.1. The maximum Gasteiger partial charge on any atom is 0.0605 e. The van der Waals surface area contributed by atoms with Crippen LogP contribution in [0.25, 0.3) is 0 Å². The SMILES string of the molecule is C=C(C[C@@H](O)[C@@H](C)[C@H]1CC[C@@]2(C)C3=CC[C@H]4[C@H](C)[C@H](O)CC[C@]4(C)C3=CC[C@]12C)C(C)C. The van der Waals surface area contributed by atoms with Crippen LogP contribution < -0.4 is 0 Å². The molecular formula is C30H48O2. The van der Waals surface area contributed by atoms with Gasteiger partial charge in [-0.15, -0.1) is 0 Å². The molecule has 0 saturated heterocycles. The van der Waals surface area contributed by atoms with E-state index in [1.165, 1.54) is 18.4 Å². The molecule has 0 aromatic carbocycles. The van der Waals surface area contributed by atoms with E-state index in [1.807, 2.05) is 0 Å². The molecule has 4 aliphatic carbocycles. The fraction of sp³-hybridized carbons (Fsp3) is 0.800. The summed E-state index contributed by atoms with van der Waals surface area (Å²) in [4.78, 5) is 0. The van der Waals surface area contributed by atoms with Gasteiger partial charge in [-0.3, -0.25) is 0 Å². The third kappa shape index (κ3) is 3.34. The normalized spacial score (nSPS) is 45.3. The average Bonchev–Trinajstić information content (AvgIpc) is 3.01. The Morgan fingerprint density at radius 1 is 1.09 bits per heavy atom. The van der Waals surface area contributed by atoms with Crippen molar-refractivity contribution in [2.24, 2.45) is 45.8 Å². The fourth-order valence-electron chi connectivity index (χ4n) is 8.47. The Bertz CT molecular complexity index is 821. The molecule has 2 nitrogen and oxygen atoms in total. The van der Waals surface area contributed by atoms with Crippen molar-refractivity contribution in [1.29, 1.82) is 0 Å². The molecule has 180 valence electrons. The van der Waals surface area contributed by atoms with Crippen LogP contribution in [0, 0.1) is 45.8 Å². The van der Waals surface area contributed by atoms with Gasteiger partial charge in [0.15, 0.2) is 0 Å². The van der Waals surface area contributed by atoms with Crippen LogP contribution in [0.3, 0.4) is 0 Å². The van der Waals surface area contributed by atoms with Crippen LogP contribution in [-0.2, 0) is 0 Å². The number of rotatable bonds is 5. The Hall–Kier alpha value is -0.860. The molecule has 0 bridgehead atoms. The van der Waals surface area contributed by atoms with E-state index < -0.39 is 0 Å². The van der Waals surface area contributed by atoms with Crippen molar-refractivity contribution in [3.05, 3.63) is 35.5 Å². The van der Waals surface area contributed by atoms with Gasteiger partial charge >= 0.3 is 0 Å². The maximum atomic E-state index is 11.2. The monoisotopic (exact) mass is 440 g/mol. The molecule has 0 aliphatic heterocycles. The van der Waals surface area contributed by atoms with Crippen molar-refractivity contribution in [3.8, 4) is 0 Å². The molecule has 4 rings (SSSR count). The van der Waals surface area contributed by atoms with Gasteiger partial charge in [-0.05, 0) is 102 Å². The number of hydrogen-bond acceptors (Lipinski definition) is 2. The van der Waals surface area contributed by atoms with Crippen molar-refractivity contribution >= 4 is 0 Å². The lowest BCUT2D eigenvalue weighted by Crippen LogP contribution is -2.51. The lowest BCUT2D eigenvalue weighted by molar-refractivity contribution is -0.0279. The first-order valence-electron chi connectivity index (χ1n) is 13.3. The van der Waals surface area contributed by atoms with Gasteiger partial charge in [0, 0.05) is 0 Å². The summed E-state index contributed by atoms with van der Waals surface area (Å²) in [6, 6.07) is 0. The highest BCUT2D eigenvalue weighted by atomic mass is 16.3. The molecule has 0 aromatic rings. The summed E-state index contributed by atoms with van der Waals surface area (Å²) >= 11 is 0. The molecule has 4 aliphatic rings. The first-order chi connectivity index (χ1) is 14.9. The number of hydrogen-bond donors (Lipinski definition) is 2. The summed E-state index contributed by atoms with van der Waals surface area (Å²) in [6.45, 7) is 20.7. The van der Waals surface area contributed by atoms with E-state index in [0.29, 0.717) is 23.7 Å². The Kier molecular flexibility index (Phi) is 6.16. The van der Waals surface area contributed by atoms with Gasteiger partial charge in [-0.25, -0.2) is 0 Å². The van der Waals surface area contributed by atoms with Gasteiger partial charge < -0.3 is 10.2 Å². The first kappa shape index (κ1) is 24.3. The van der Waals surface area contributed by atoms with E-state index in [2.05, 4.69) is 67.2 Å². The van der Waals surface area contributed by atoms with Crippen molar-refractivity contribution in [3.63, 3.8) is 0 Å². The zero-order chi connectivity index (χ0) is 23.6. The molecule has 2 fully saturated rings. The summed E-state index contributed by atoms with van der Waals surface area (Å²) < 4.78 is 0. The molecule has 32 heavy (non-hydrogen) atoms. The highest BCUT2D eigenvalue weighted by molar-refractivity contribution is 5.49. The lowest BCUT2D eigenvalue weighted by Gasteiger charge is -2.58. The Morgan fingerprint density at radius 3 is 2.44 bits per heavy atom. The first-order valence-corrected chi connectivity index (χ1v) is 13.3. The predicted molar refractivity (Wildman–Crippen MR) is 134 cm³/mol. The molecule has 0 heterocycles. The summed E-state index contributed by atoms with van der Waals surface area (Å²) in [5.74, 6) is 2.16. The summed E-state index contributed by atoms with van der Waals surface area (Å²) in [7, 11) is 0. The van der Waals surface area contributed by atoms with Crippen LogP contribution in [-0.4, -0.2) is 22.4 Å². The zero-order valence-corrected chi connectivity index (χ0v) is 21.7. The number of fused-ring (bicyclic) bond motifs is 5. The molecule has 9 atom stereocenters. The van der Waals surface area contributed by atoms with Gasteiger partial charge in [0.2, 0.25) is 0 Å². The number of allylic oxidation sites excluding steroid dienone is 4. The Morgan fingerprint density at radius 2 is 1.78 bits per heavy atom. The predicted octanol–water partition coefficient (Wildman–Crippen LogP) is 7.08. The number of aliphatic hydroxyl groups excluding tert-OH is 2. The van der Waals surface area contributed by atoms with Crippen LogP contribution in [0.1, 0.15) is 93.4 Å². The molecule has 0 amide bonds. The van der Waals surface area contributed by atoms with Crippen molar-refractivity contribution in [1.82, 2.24) is 0 Å². The molecule has 2 heteroatoms. The van der Waals surface area contributed by atoms with E-state index in [0.717, 1.165) is 32.1 Å². The standard InChI is InChI=1S/C30H48O2/c1-18(2)19(3)17-27(32)21(5)23-11-15-30(8)25-10-9-22-20(4)26(31)13-14-28(22,6)24(25)12-16-29(23,30)7/h10,12,18,20-23,26-27,31-32H,3,9,11,13-17H2,1-2,4-8H3/t20-,21-,22-,23+,26+,27+,28-,29+,30-/m0/s1. The van der Waals surface area contributed by atoms with Gasteiger partial charge in [-0.1, -0.05) is 72.8 Å². The van der Waals surface area contributed by atoms with Crippen LogP contribution in [0.2, 0.25) is 0 Å². The third-order valence-corrected chi connectivity index (χ3v) is 11.4. The molecule has 0 unspecified atom stereocenters. The molecule has 2 N–H and O–H groups in total. The smallest absolute Gasteiger partial charge is 0.0605 e. The van der Waals surface area contributed by atoms with Crippen molar-refractivity contribution in [2.75, 3.05) is 0 Å². The second-order valence-corrected chi connectivity index (χ2v) is 13.0. The minimum atomic E-state index is -0.303. The quantitative estimate of drug-likeness (QED) is 0.448. The van der Waals surface area contributed by atoms with Crippen LogP contribution >= 0.6 is 0 Å².